The Bertz CT molecular complexity index is 441. The molecule has 0 aromatic heterocycles. The number of anilines is 1. The number of esters is 1. The molecule has 5 nitrogen and oxygen atoms in total. The van der Waals surface area contributed by atoms with E-state index in [9.17, 15) is 9.59 Å². The zero-order valence-electron chi connectivity index (χ0n) is 12.0. The summed E-state index contributed by atoms with van der Waals surface area (Å²) < 4.78 is 4.87. The molecule has 1 unspecified atom stereocenters. The molecule has 0 heterocycles. The number of aryl methyl sites for hydroxylation is 1. The van der Waals surface area contributed by atoms with Gasteiger partial charge in [-0.05, 0) is 38.0 Å². The maximum Gasteiger partial charge on any atom is 0.306 e. The van der Waals surface area contributed by atoms with Gasteiger partial charge in [0.15, 0.2) is 0 Å². The van der Waals surface area contributed by atoms with Crippen molar-refractivity contribution in [2.75, 3.05) is 11.9 Å². The van der Waals surface area contributed by atoms with Gasteiger partial charge in [-0.3, -0.25) is 9.59 Å². The molecule has 0 bridgehead atoms. The number of hydrogen-bond donors (Lipinski definition) is 2. The average Bonchev–Trinajstić information content (AvgIpc) is 2.37. The van der Waals surface area contributed by atoms with Gasteiger partial charge >= 0.3 is 5.97 Å². The summed E-state index contributed by atoms with van der Waals surface area (Å²) in [5.74, 6) is -0.291. The van der Waals surface area contributed by atoms with E-state index in [0.29, 0.717) is 25.9 Å². The molecular weight excluding hydrogens is 256 g/mol. The van der Waals surface area contributed by atoms with Crippen molar-refractivity contribution in [3.8, 4) is 0 Å². The molecule has 1 aromatic carbocycles. The van der Waals surface area contributed by atoms with Gasteiger partial charge in [0.2, 0.25) is 5.91 Å². The highest BCUT2D eigenvalue weighted by molar-refractivity contribution is 5.91. The van der Waals surface area contributed by atoms with Crippen LogP contribution in [0.15, 0.2) is 24.3 Å². The van der Waals surface area contributed by atoms with E-state index >= 15 is 0 Å². The smallest absolute Gasteiger partial charge is 0.306 e. The number of benzene rings is 1. The molecule has 0 spiro atoms. The van der Waals surface area contributed by atoms with E-state index in [1.807, 2.05) is 24.3 Å². The van der Waals surface area contributed by atoms with E-state index < -0.39 is 0 Å². The maximum absolute atomic E-state index is 11.5. The lowest BCUT2D eigenvalue weighted by molar-refractivity contribution is -0.143. The summed E-state index contributed by atoms with van der Waals surface area (Å²) >= 11 is 0. The predicted molar refractivity (Wildman–Crippen MR) is 78.3 cm³/mol. The van der Waals surface area contributed by atoms with Crippen molar-refractivity contribution in [3.63, 3.8) is 0 Å². The number of nitrogens with two attached hydrogens (primary N) is 1. The van der Waals surface area contributed by atoms with E-state index in [1.165, 1.54) is 0 Å². The zero-order chi connectivity index (χ0) is 15.0. The fraction of sp³-hybridized carbons (Fsp3) is 0.467. The van der Waals surface area contributed by atoms with Crippen LogP contribution in [0.25, 0.3) is 0 Å². The minimum absolute atomic E-state index is 0.0979. The Balaban J connectivity index is 2.44. The normalized spacial score (nSPS) is 11.8. The van der Waals surface area contributed by atoms with Crippen LogP contribution in [0.4, 0.5) is 5.69 Å². The van der Waals surface area contributed by atoms with Crippen LogP contribution in [0.3, 0.4) is 0 Å². The lowest BCUT2D eigenvalue weighted by atomic mass is 10.1. The molecule has 5 heteroatoms. The van der Waals surface area contributed by atoms with Crippen molar-refractivity contribution >= 4 is 17.6 Å². The molecule has 110 valence electrons. The number of ether oxygens (including phenoxy) is 1. The Labute approximate surface area is 119 Å². The Morgan fingerprint density at radius 3 is 2.50 bits per heavy atom. The van der Waals surface area contributed by atoms with Crippen molar-refractivity contribution in [2.24, 2.45) is 5.73 Å². The van der Waals surface area contributed by atoms with E-state index in [0.717, 1.165) is 11.3 Å². The second-order valence-corrected chi connectivity index (χ2v) is 4.73. The van der Waals surface area contributed by atoms with Crippen molar-refractivity contribution in [1.29, 1.82) is 0 Å². The minimum Gasteiger partial charge on any atom is -0.466 e. The Hall–Kier alpha value is -1.88. The molecule has 1 atom stereocenters. The minimum atomic E-state index is -0.193. The predicted octanol–water partition coefficient (Wildman–Crippen LogP) is 1.86. The number of carbonyl (C=O) groups is 2. The molecule has 0 fully saturated rings. The van der Waals surface area contributed by atoms with Crippen LogP contribution in [0.1, 0.15) is 32.3 Å². The van der Waals surface area contributed by atoms with Crippen LogP contribution in [-0.4, -0.2) is 24.5 Å². The number of nitrogens with one attached hydrogen (secondary N) is 1. The Morgan fingerprint density at radius 1 is 1.30 bits per heavy atom. The second-order valence-electron chi connectivity index (χ2n) is 4.73. The van der Waals surface area contributed by atoms with Gasteiger partial charge in [-0.1, -0.05) is 12.1 Å². The third-order valence-corrected chi connectivity index (χ3v) is 2.67. The van der Waals surface area contributed by atoms with Gasteiger partial charge in [-0.25, -0.2) is 0 Å². The highest BCUT2D eigenvalue weighted by Crippen LogP contribution is 2.12. The molecule has 0 saturated carbocycles. The van der Waals surface area contributed by atoms with E-state index in [-0.39, 0.29) is 17.9 Å². The first-order chi connectivity index (χ1) is 9.51. The molecule has 1 aromatic rings. The van der Waals surface area contributed by atoms with Crippen molar-refractivity contribution in [1.82, 2.24) is 0 Å². The number of carbonyl (C=O) groups excluding carboxylic acids is 2. The summed E-state index contributed by atoms with van der Waals surface area (Å²) in [5, 5.41) is 2.78. The standard InChI is InChI=1S/C15H22N2O3/c1-3-20-15(19)9-6-12-4-7-13(8-5-12)17-14(18)10-11(2)16/h4-5,7-8,11H,3,6,9-10,16H2,1-2H3,(H,17,18). The van der Waals surface area contributed by atoms with Crippen molar-refractivity contribution in [3.05, 3.63) is 29.8 Å². The zero-order valence-corrected chi connectivity index (χ0v) is 12.0. The Kier molecular flexibility index (Phi) is 6.73. The SMILES string of the molecule is CCOC(=O)CCc1ccc(NC(=O)CC(C)N)cc1. The van der Waals surface area contributed by atoms with Crippen LogP contribution in [0, 0.1) is 0 Å². The highest BCUT2D eigenvalue weighted by Gasteiger charge is 2.06. The summed E-state index contributed by atoms with van der Waals surface area (Å²) in [6, 6.07) is 7.26. The monoisotopic (exact) mass is 278 g/mol. The van der Waals surface area contributed by atoms with E-state index in [1.54, 1.807) is 13.8 Å². The van der Waals surface area contributed by atoms with E-state index in [2.05, 4.69) is 5.32 Å². The second kappa shape index (κ2) is 8.32. The van der Waals surface area contributed by atoms with Gasteiger partial charge in [0.25, 0.3) is 0 Å². The first-order valence-electron chi connectivity index (χ1n) is 6.81. The lowest BCUT2D eigenvalue weighted by Crippen LogP contribution is -2.23. The summed E-state index contributed by atoms with van der Waals surface area (Å²) in [6.45, 7) is 3.99. The number of hydrogen-bond acceptors (Lipinski definition) is 4. The topological polar surface area (TPSA) is 81.4 Å². The lowest BCUT2D eigenvalue weighted by Gasteiger charge is -2.08. The molecule has 20 heavy (non-hydrogen) atoms. The van der Waals surface area contributed by atoms with Gasteiger partial charge in [0, 0.05) is 24.6 Å². The molecule has 0 saturated heterocycles. The van der Waals surface area contributed by atoms with Crippen LogP contribution < -0.4 is 11.1 Å². The molecule has 0 aliphatic rings. The fourth-order valence-electron chi connectivity index (χ4n) is 1.74. The summed E-state index contributed by atoms with van der Waals surface area (Å²) in [6.07, 6.45) is 1.29. The third kappa shape index (κ3) is 6.33. The molecule has 3 N–H and O–H groups in total. The van der Waals surface area contributed by atoms with Gasteiger partial charge in [0.1, 0.15) is 0 Å². The van der Waals surface area contributed by atoms with Gasteiger partial charge < -0.3 is 15.8 Å². The van der Waals surface area contributed by atoms with Crippen LogP contribution in [-0.2, 0) is 20.7 Å². The summed E-state index contributed by atoms with van der Waals surface area (Å²) in [4.78, 5) is 22.8. The van der Waals surface area contributed by atoms with Gasteiger partial charge in [0.05, 0.1) is 6.61 Å². The van der Waals surface area contributed by atoms with Crippen molar-refractivity contribution < 1.29 is 14.3 Å². The van der Waals surface area contributed by atoms with Crippen LogP contribution >= 0.6 is 0 Å². The quantitative estimate of drug-likeness (QED) is 0.746. The Morgan fingerprint density at radius 2 is 1.95 bits per heavy atom. The first-order valence-corrected chi connectivity index (χ1v) is 6.81. The fourth-order valence-corrected chi connectivity index (χ4v) is 1.74. The maximum atomic E-state index is 11.5. The third-order valence-electron chi connectivity index (χ3n) is 2.67. The molecule has 0 radical (unpaired) electrons. The molecule has 0 aliphatic heterocycles. The average molecular weight is 278 g/mol. The van der Waals surface area contributed by atoms with E-state index in [4.69, 9.17) is 10.5 Å². The van der Waals surface area contributed by atoms with Crippen molar-refractivity contribution in [2.45, 2.75) is 39.2 Å². The van der Waals surface area contributed by atoms with Crippen LogP contribution in [0.5, 0.6) is 0 Å². The first kappa shape index (κ1) is 16.2. The summed E-state index contributed by atoms with van der Waals surface area (Å²) in [7, 11) is 0. The number of rotatable bonds is 7. The molecule has 0 aliphatic carbocycles. The molecule has 1 amide bonds. The molecule has 1 rings (SSSR count). The number of amides is 1. The molecular formula is C15H22N2O3. The summed E-state index contributed by atoms with van der Waals surface area (Å²) in [5.41, 5.74) is 7.32. The van der Waals surface area contributed by atoms with Gasteiger partial charge in [-0.2, -0.15) is 0 Å². The van der Waals surface area contributed by atoms with Gasteiger partial charge in [-0.15, -0.1) is 0 Å². The highest BCUT2D eigenvalue weighted by atomic mass is 16.5. The largest absolute Gasteiger partial charge is 0.466 e. The van der Waals surface area contributed by atoms with Crippen LogP contribution in [0.2, 0.25) is 0 Å².